The van der Waals surface area contributed by atoms with E-state index < -0.39 is 0 Å². The minimum absolute atomic E-state index is 0.111. The predicted molar refractivity (Wildman–Crippen MR) is 66.3 cm³/mol. The monoisotopic (exact) mass is 213 g/mol. The quantitative estimate of drug-likeness (QED) is 0.821. The van der Waals surface area contributed by atoms with Gasteiger partial charge in [-0.25, -0.2) is 4.98 Å². The van der Waals surface area contributed by atoms with Crippen molar-refractivity contribution in [2.75, 3.05) is 12.4 Å². The van der Waals surface area contributed by atoms with Gasteiger partial charge in [-0.2, -0.15) is 0 Å². The van der Waals surface area contributed by atoms with Crippen LogP contribution in [0.4, 0.5) is 5.82 Å². The van der Waals surface area contributed by atoms with Gasteiger partial charge < -0.3 is 11.1 Å². The van der Waals surface area contributed by atoms with Crippen LogP contribution < -0.4 is 11.1 Å². The van der Waals surface area contributed by atoms with Gasteiger partial charge in [-0.15, -0.1) is 0 Å². The Labute approximate surface area is 95.3 Å². The van der Waals surface area contributed by atoms with Crippen molar-refractivity contribution in [3.05, 3.63) is 59.8 Å². The molecular formula is C13H15N3. The summed E-state index contributed by atoms with van der Waals surface area (Å²) in [4.78, 5) is 4.25. The molecule has 0 spiro atoms. The zero-order chi connectivity index (χ0) is 11.4. The molecule has 0 saturated heterocycles. The Hall–Kier alpha value is -1.87. The average molecular weight is 213 g/mol. The number of nitrogens with two attached hydrogens (primary N) is 1. The van der Waals surface area contributed by atoms with Crippen molar-refractivity contribution in [1.29, 1.82) is 0 Å². The lowest BCUT2D eigenvalue weighted by Gasteiger charge is -2.12. The zero-order valence-corrected chi connectivity index (χ0v) is 9.22. The second-order valence-electron chi connectivity index (χ2n) is 3.62. The Bertz CT molecular complexity index is 436. The highest BCUT2D eigenvalue weighted by atomic mass is 14.9. The number of rotatable bonds is 3. The van der Waals surface area contributed by atoms with Gasteiger partial charge in [0.1, 0.15) is 5.82 Å². The third-order valence-corrected chi connectivity index (χ3v) is 2.56. The molecule has 0 aliphatic carbocycles. The maximum atomic E-state index is 6.15. The van der Waals surface area contributed by atoms with Crippen molar-refractivity contribution in [2.45, 2.75) is 6.04 Å². The molecule has 16 heavy (non-hydrogen) atoms. The molecule has 0 unspecified atom stereocenters. The van der Waals surface area contributed by atoms with Gasteiger partial charge in [0, 0.05) is 13.2 Å². The third kappa shape index (κ3) is 2.20. The van der Waals surface area contributed by atoms with Crippen LogP contribution >= 0.6 is 0 Å². The summed E-state index contributed by atoms with van der Waals surface area (Å²) in [5, 5.41) is 2.98. The summed E-state index contributed by atoms with van der Waals surface area (Å²) in [5.74, 6) is 0.851. The fourth-order valence-corrected chi connectivity index (χ4v) is 1.59. The van der Waals surface area contributed by atoms with Gasteiger partial charge in [-0.3, -0.25) is 0 Å². The van der Waals surface area contributed by atoms with Crippen LogP contribution in [0.1, 0.15) is 17.2 Å². The highest BCUT2D eigenvalue weighted by Crippen LogP contribution is 2.19. The van der Waals surface area contributed by atoms with E-state index in [9.17, 15) is 0 Å². The molecule has 1 heterocycles. The smallest absolute Gasteiger partial charge is 0.125 e. The van der Waals surface area contributed by atoms with Crippen LogP contribution in [0.25, 0.3) is 0 Å². The van der Waals surface area contributed by atoms with Crippen LogP contribution in [-0.2, 0) is 0 Å². The molecular weight excluding hydrogens is 198 g/mol. The molecule has 1 atom stereocenters. The van der Waals surface area contributed by atoms with E-state index in [0.29, 0.717) is 0 Å². The zero-order valence-electron chi connectivity index (χ0n) is 9.22. The molecule has 1 aromatic carbocycles. The van der Waals surface area contributed by atoms with E-state index in [1.807, 2.05) is 55.7 Å². The number of pyridine rings is 1. The summed E-state index contributed by atoms with van der Waals surface area (Å²) in [6.45, 7) is 0. The van der Waals surface area contributed by atoms with Crippen molar-refractivity contribution in [3.8, 4) is 0 Å². The summed E-state index contributed by atoms with van der Waals surface area (Å²) in [5.41, 5.74) is 8.26. The molecule has 0 aliphatic heterocycles. The number of nitrogens with zero attached hydrogens (tertiary/aromatic N) is 1. The Balaban J connectivity index is 2.24. The molecule has 2 rings (SSSR count). The van der Waals surface area contributed by atoms with Gasteiger partial charge in [0.15, 0.2) is 0 Å². The Kier molecular flexibility index (Phi) is 3.17. The van der Waals surface area contributed by atoms with Crippen molar-refractivity contribution < 1.29 is 0 Å². The average Bonchev–Trinajstić information content (AvgIpc) is 2.39. The number of hydrogen-bond acceptors (Lipinski definition) is 3. The second-order valence-corrected chi connectivity index (χ2v) is 3.62. The summed E-state index contributed by atoms with van der Waals surface area (Å²) in [6, 6.07) is 13.8. The van der Waals surface area contributed by atoms with Crippen molar-refractivity contribution in [3.63, 3.8) is 0 Å². The van der Waals surface area contributed by atoms with Gasteiger partial charge in [0.25, 0.3) is 0 Å². The summed E-state index contributed by atoms with van der Waals surface area (Å²) < 4.78 is 0. The third-order valence-electron chi connectivity index (χ3n) is 2.56. The predicted octanol–water partition coefficient (Wildman–Crippen LogP) is 2.17. The maximum Gasteiger partial charge on any atom is 0.125 e. The molecule has 0 bridgehead atoms. The van der Waals surface area contributed by atoms with Crippen LogP contribution in [0.5, 0.6) is 0 Å². The lowest BCUT2D eigenvalue weighted by Crippen LogP contribution is -2.12. The fourth-order valence-electron chi connectivity index (χ4n) is 1.59. The van der Waals surface area contributed by atoms with Crippen molar-refractivity contribution >= 4 is 5.82 Å². The topological polar surface area (TPSA) is 50.9 Å². The number of benzene rings is 1. The van der Waals surface area contributed by atoms with Crippen LogP contribution in [0.15, 0.2) is 48.7 Å². The SMILES string of the molecule is CNc1ccc([C@H](N)c2ccccc2)cn1. The maximum absolute atomic E-state index is 6.15. The molecule has 0 aliphatic rings. The molecule has 2 aromatic rings. The number of aromatic nitrogens is 1. The number of hydrogen-bond donors (Lipinski definition) is 2. The van der Waals surface area contributed by atoms with E-state index in [1.165, 1.54) is 0 Å². The first kappa shape index (κ1) is 10.6. The number of anilines is 1. The first-order valence-corrected chi connectivity index (χ1v) is 5.25. The van der Waals surface area contributed by atoms with E-state index in [4.69, 9.17) is 5.73 Å². The minimum atomic E-state index is -0.111. The minimum Gasteiger partial charge on any atom is -0.373 e. The van der Waals surface area contributed by atoms with Gasteiger partial charge in [0.05, 0.1) is 6.04 Å². The molecule has 0 radical (unpaired) electrons. The van der Waals surface area contributed by atoms with Gasteiger partial charge >= 0.3 is 0 Å². The first-order valence-electron chi connectivity index (χ1n) is 5.25. The van der Waals surface area contributed by atoms with Crippen LogP contribution in [0.3, 0.4) is 0 Å². The van der Waals surface area contributed by atoms with Crippen LogP contribution in [0, 0.1) is 0 Å². The fraction of sp³-hybridized carbons (Fsp3) is 0.154. The lowest BCUT2D eigenvalue weighted by molar-refractivity contribution is 0.863. The molecule has 1 aromatic heterocycles. The normalized spacial score (nSPS) is 12.1. The molecule has 82 valence electrons. The van der Waals surface area contributed by atoms with Crippen molar-refractivity contribution in [2.24, 2.45) is 5.73 Å². The van der Waals surface area contributed by atoms with Gasteiger partial charge in [-0.05, 0) is 17.2 Å². The molecule has 3 N–H and O–H groups in total. The molecule has 0 fully saturated rings. The molecule has 0 saturated carbocycles. The lowest BCUT2D eigenvalue weighted by atomic mass is 10.0. The van der Waals surface area contributed by atoms with Gasteiger partial charge in [-0.1, -0.05) is 36.4 Å². The van der Waals surface area contributed by atoms with E-state index in [1.54, 1.807) is 0 Å². The highest BCUT2D eigenvalue weighted by Gasteiger charge is 2.08. The largest absolute Gasteiger partial charge is 0.373 e. The summed E-state index contributed by atoms with van der Waals surface area (Å²) in [6.07, 6.45) is 1.81. The van der Waals surface area contributed by atoms with E-state index in [0.717, 1.165) is 16.9 Å². The van der Waals surface area contributed by atoms with E-state index in [2.05, 4.69) is 10.3 Å². The van der Waals surface area contributed by atoms with E-state index >= 15 is 0 Å². The molecule has 3 nitrogen and oxygen atoms in total. The highest BCUT2D eigenvalue weighted by molar-refractivity contribution is 5.37. The summed E-state index contributed by atoms with van der Waals surface area (Å²) >= 11 is 0. The molecule has 3 heteroatoms. The molecule has 0 amide bonds. The van der Waals surface area contributed by atoms with Crippen molar-refractivity contribution in [1.82, 2.24) is 4.98 Å². The Morgan fingerprint density at radius 3 is 2.38 bits per heavy atom. The Morgan fingerprint density at radius 2 is 1.81 bits per heavy atom. The summed E-state index contributed by atoms with van der Waals surface area (Å²) in [7, 11) is 1.85. The first-order chi connectivity index (χ1) is 7.81. The second kappa shape index (κ2) is 4.77. The standard InChI is InChI=1S/C13H15N3/c1-15-12-8-7-11(9-16-12)13(14)10-5-3-2-4-6-10/h2-9,13H,14H2,1H3,(H,15,16)/t13-/m1/s1. The van der Waals surface area contributed by atoms with E-state index in [-0.39, 0.29) is 6.04 Å². The van der Waals surface area contributed by atoms with Gasteiger partial charge in [0.2, 0.25) is 0 Å². The number of nitrogens with one attached hydrogen (secondary N) is 1. The van der Waals surface area contributed by atoms with Crippen LogP contribution in [-0.4, -0.2) is 12.0 Å². The van der Waals surface area contributed by atoms with Crippen LogP contribution in [0.2, 0.25) is 0 Å². The Morgan fingerprint density at radius 1 is 1.06 bits per heavy atom.